The van der Waals surface area contributed by atoms with Crippen LogP contribution in [-0.2, 0) is 4.79 Å². The standard InChI is InChI=1S/C14H18ClNO/c1-10(2)16-8-7-11(9-14(16)17)12-5-3-4-6-13(12)15/h3-6,10-11H,7-9H2,1-2H3. The second kappa shape index (κ2) is 5.09. The Labute approximate surface area is 108 Å². The predicted octanol–water partition coefficient (Wildman–Crippen LogP) is 3.45. The highest BCUT2D eigenvalue weighted by molar-refractivity contribution is 6.31. The fourth-order valence-corrected chi connectivity index (χ4v) is 2.76. The Morgan fingerprint density at radius 2 is 2.06 bits per heavy atom. The number of carbonyl (C=O) groups excluding carboxylic acids is 1. The summed E-state index contributed by atoms with van der Waals surface area (Å²) in [6, 6.07) is 8.15. The van der Waals surface area contributed by atoms with Crippen molar-refractivity contribution in [2.24, 2.45) is 0 Å². The molecular formula is C14H18ClNO. The topological polar surface area (TPSA) is 20.3 Å². The number of carbonyl (C=O) groups is 1. The van der Waals surface area contributed by atoms with E-state index in [1.54, 1.807) is 0 Å². The monoisotopic (exact) mass is 251 g/mol. The largest absolute Gasteiger partial charge is 0.340 e. The minimum Gasteiger partial charge on any atom is -0.340 e. The lowest BCUT2D eigenvalue weighted by Crippen LogP contribution is -2.42. The number of piperidine rings is 1. The van der Waals surface area contributed by atoms with Crippen LogP contribution in [0.25, 0.3) is 0 Å². The molecule has 1 amide bonds. The van der Waals surface area contributed by atoms with Gasteiger partial charge in [-0.15, -0.1) is 0 Å². The number of benzene rings is 1. The summed E-state index contributed by atoms with van der Waals surface area (Å²) in [6.45, 7) is 4.97. The molecule has 1 heterocycles. The van der Waals surface area contributed by atoms with E-state index in [9.17, 15) is 4.79 Å². The summed E-state index contributed by atoms with van der Waals surface area (Å²) in [5.41, 5.74) is 1.12. The molecule has 3 heteroatoms. The van der Waals surface area contributed by atoms with Crippen LogP contribution in [0.15, 0.2) is 24.3 Å². The minimum absolute atomic E-state index is 0.246. The third-order valence-corrected chi connectivity index (χ3v) is 3.77. The zero-order chi connectivity index (χ0) is 12.4. The third-order valence-electron chi connectivity index (χ3n) is 3.43. The van der Waals surface area contributed by atoms with E-state index in [2.05, 4.69) is 13.8 Å². The Morgan fingerprint density at radius 3 is 2.65 bits per heavy atom. The highest BCUT2D eigenvalue weighted by Crippen LogP contribution is 2.33. The van der Waals surface area contributed by atoms with Crippen LogP contribution in [0.3, 0.4) is 0 Å². The van der Waals surface area contributed by atoms with Crippen molar-refractivity contribution in [1.29, 1.82) is 0 Å². The molecule has 0 aromatic heterocycles. The molecule has 17 heavy (non-hydrogen) atoms. The van der Waals surface area contributed by atoms with Gasteiger partial charge in [0.25, 0.3) is 0 Å². The van der Waals surface area contributed by atoms with Crippen LogP contribution in [0, 0.1) is 0 Å². The molecule has 1 aliphatic heterocycles. The lowest BCUT2D eigenvalue weighted by atomic mass is 9.88. The second-order valence-electron chi connectivity index (χ2n) is 4.89. The fraction of sp³-hybridized carbons (Fsp3) is 0.500. The van der Waals surface area contributed by atoms with Gasteiger partial charge in [-0.3, -0.25) is 4.79 Å². The Kier molecular flexibility index (Phi) is 3.72. The molecule has 1 unspecified atom stereocenters. The van der Waals surface area contributed by atoms with Crippen molar-refractivity contribution in [2.45, 2.75) is 38.6 Å². The quantitative estimate of drug-likeness (QED) is 0.788. The van der Waals surface area contributed by atoms with Crippen LogP contribution in [0.1, 0.15) is 38.2 Å². The normalized spacial score (nSPS) is 21.1. The van der Waals surface area contributed by atoms with Crippen LogP contribution in [-0.4, -0.2) is 23.4 Å². The van der Waals surface area contributed by atoms with E-state index < -0.39 is 0 Å². The van der Waals surface area contributed by atoms with Crippen LogP contribution in [0.4, 0.5) is 0 Å². The Bertz CT molecular complexity index is 416. The number of hydrogen-bond donors (Lipinski definition) is 0. The summed E-state index contributed by atoms with van der Waals surface area (Å²) in [5, 5.41) is 0.781. The molecule has 1 saturated heterocycles. The molecule has 0 saturated carbocycles. The molecule has 2 rings (SSSR count). The first-order valence-electron chi connectivity index (χ1n) is 6.13. The van der Waals surface area contributed by atoms with Gasteiger partial charge in [0, 0.05) is 24.0 Å². The van der Waals surface area contributed by atoms with Crippen molar-refractivity contribution >= 4 is 17.5 Å². The highest BCUT2D eigenvalue weighted by atomic mass is 35.5. The van der Waals surface area contributed by atoms with Crippen LogP contribution in [0.5, 0.6) is 0 Å². The van der Waals surface area contributed by atoms with Crippen molar-refractivity contribution in [1.82, 2.24) is 4.90 Å². The Hall–Kier alpha value is -1.02. The van der Waals surface area contributed by atoms with Crippen molar-refractivity contribution < 1.29 is 4.79 Å². The van der Waals surface area contributed by atoms with Gasteiger partial charge in [0.1, 0.15) is 0 Å². The van der Waals surface area contributed by atoms with Gasteiger partial charge in [-0.2, -0.15) is 0 Å². The average molecular weight is 252 g/mol. The third kappa shape index (κ3) is 2.63. The second-order valence-corrected chi connectivity index (χ2v) is 5.30. The summed E-state index contributed by atoms with van der Waals surface area (Å²) in [6.07, 6.45) is 1.59. The van der Waals surface area contributed by atoms with Gasteiger partial charge in [-0.25, -0.2) is 0 Å². The van der Waals surface area contributed by atoms with E-state index in [0.717, 1.165) is 23.6 Å². The van der Waals surface area contributed by atoms with Crippen molar-refractivity contribution in [3.63, 3.8) is 0 Å². The summed E-state index contributed by atoms with van der Waals surface area (Å²) in [4.78, 5) is 14.0. The van der Waals surface area contributed by atoms with E-state index in [4.69, 9.17) is 11.6 Å². The summed E-state index contributed by atoms with van der Waals surface area (Å²) < 4.78 is 0. The number of rotatable bonds is 2. The van der Waals surface area contributed by atoms with Gasteiger partial charge < -0.3 is 4.90 Å². The lowest BCUT2D eigenvalue weighted by molar-refractivity contribution is -0.135. The molecule has 1 aromatic rings. The average Bonchev–Trinajstić information content (AvgIpc) is 2.29. The van der Waals surface area contributed by atoms with Gasteiger partial charge in [0.05, 0.1) is 0 Å². The van der Waals surface area contributed by atoms with Gasteiger partial charge in [-0.1, -0.05) is 29.8 Å². The fourth-order valence-electron chi connectivity index (χ4n) is 2.47. The number of nitrogens with zero attached hydrogens (tertiary/aromatic N) is 1. The smallest absolute Gasteiger partial charge is 0.223 e. The first-order valence-corrected chi connectivity index (χ1v) is 6.51. The van der Waals surface area contributed by atoms with E-state index >= 15 is 0 Å². The molecule has 92 valence electrons. The molecule has 0 radical (unpaired) electrons. The van der Waals surface area contributed by atoms with Crippen LogP contribution >= 0.6 is 11.6 Å². The number of hydrogen-bond acceptors (Lipinski definition) is 1. The molecule has 0 N–H and O–H groups in total. The maximum atomic E-state index is 12.0. The molecule has 1 fully saturated rings. The van der Waals surface area contributed by atoms with Crippen LogP contribution in [0.2, 0.25) is 5.02 Å². The highest BCUT2D eigenvalue weighted by Gasteiger charge is 2.28. The maximum absolute atomic E-state index is 12.0. The molecule has 1 aliphatic rings. The molecule has 0 bridgehead atoms. The minimum atomic E-state index is 0.246. The lowest BCUT2D eigenvalue weighted by Gasteiger charge is -2.34. The van der Waals surface area contributed by atoms with Gasteiger partial charge in [-0.05, 0) is 37.8 Å². The molecular weight excluding hydrogens is 234 g/mol. The summed E-state index contributed by atoms with van der Waals surface area (Å²) >= 11 is 6.18. The van der Waals surface area contributed by atoms with Gasteiger partial charge in [0.2, 0.25) is 5.91 Å². The Balaban J connectivity index is 2.13. The number of likely N-dealkylation sites (tertiary alicyclic amines) is 1. The summed E-state index contributed by atoms with van der Waals surface area (Å²) in [5.74, 6) is 0.530. The first-order chi connectivity index (χ1) is 8.09. The van der Waals surface area contributed by atoms with Gasteiger partial charge in [0.15, 0.2) is 0 Å². The Morgan fingerprint density at radius 1 is 1.35 bits per heavy atom. The first kappa shape index (κ1) is 12.4. The van der Waals surface area contributed by atoms with Crippen LogP contribution < -0.4 is 0 Å². The molecule has 0 aliphatic carbocycles. The van der Waals surface area contributed by atoms with E-state index in [1.165, 1.54) is 0 Å². The zero-order valence-electron chi connectivity index (χ0n) is 10.3. The number of halogens is 1. The van der Waals surface area contributed by atoms with Gasteiger partial charge >= 0.3 is 0 Å². The predicted molar refractivity (Wildman–Crippen MR) is 70.3 cm³/mol. The summed E-state index contributed by atoms with van der Waals surface area (Å²) in [7, 11) is 0. The van der Waals surface area contributed by atoms with Crippen molar-refractivity contribution in [3.8, 4) is 0 Å². The van der Waals surface area contributed by atoms with E-state index in [1.807, 2.05) is 29.2 Å². The maximum Gasteiger partial charge on any atom is 0.223 e. The van der Waals surface area contributed by atoms with Crippen molar-refractivity contribution in [3.05, 3.63) is 34.9 Å². The van der Waals surface area contributed by atoms with E-state index in [-0.39, 0.29) is 11.8 Å². The molecule has 2 nitrogen and oxygen atoms in total. The van der Waals surface area contributed by atoms with E-state index in [0.29, 0.717) is 12.5 Å². The zero-order valence-corrected chi connectivity index (χ0v) is 11.1. The molecule has 1 atom stereocenters. The SMILES string of the molecule is CC(C)N1CCC(c2ccccc2Cl)CC1=O. The van der Waals surface area contributed by atoms with Crippen molar-refractivity contribution in [2.75, 3.05) is 6.54 Å². The molecule has 0 spiro atoms. The number of amides is 1. The molecule has 1 aromatic carbocycles.